The van der Waals surface area contributed by atoms with E-state index in [4.69, 9.17) is 9.72 Å². The van der Waals surface area contributed by atoms with Crippen LogP contribution in [0.4, 0.5) is 5.82 Å². The molecule has 0 radical (unpaired) electrons. The number of ether oxygens (including phenoxy) is 1. The summed E-state index contributed by atoms with van der Waals surface area (Å²) in [5.74, 6) is 2.43. The Labute approximate surface area is 116 Å². The van der Waals surface area contributed by atoms with Crippen LogP contribution >= 0.6 is 0 Å². The van der Waals surface area contributed by atoms with Gasteiger partial charge in [-0.25, -0.2) is 9.97 Å². The molecule has 1 N–H and O–H groups in total. The summed E-state index contributed by atoms with van der Waals surface area (Å²) in [6.07, 6.45) is 4.61. The number of hydrogen-bond acceptors (Lipinski definition) is 4. The van der Waals surface area contributed by atoms with Gasteiger partial charge in [-0.2, -0.15) is 0 Å². The zero-order valence-corrected chi connectivity index (χ0v) is 12.3. The van der Waals surface area contributed by atoms with Gasteiger partial charge in [-0.1, -0.05) is 13.3 Å². The highest BCUT2D eigenvalue weighted by Crippen LogP contribution is 2.40. The maximum Gasteiger partial charge on any atom is 0.159 e. The standard InChI is InChI=1S/C15H25N3O/c1-4-7-13(19-6-3)15-17-12(11-8-9-11)10-14(18-15)16-5-2/h10-11,13H,4-9H2,1-3H3,(H,16,17,18). The molecule has 0 amide bonds. The SMILES string of the molecule is CCCC(OCC)c1nc(NCC)cc(C2CC2)n1. The van der Waals surface area contributed by atoms with Crippen molar-refractivity contribution in [2.75, 3.05) is 18.5 Å². The van der Waals surface area contributed by atoms with Crippen molar-refractivity contribution in [3.63, 3.8) is 0 Å². The van der Waals surface area contributed by atoms with E-state index in [1.54, 1.807) is 0 Å². The smallest absolute Gasteiger partial charge is 0.159 e. The predicted molar refractivity (Wildman–Crippen MR) is 77.4 cm³/mol. The Hall–Kier alpha value is -1.16. The molecule has 19 heavy (non-hydrogen) atoms. The lowest BCUT2D eigenvalue weighted by Gasteiger charge is -2.17. The molecule has 1 aromatic rings. The highest BCUT2D eigenvalue weighted by Gasteiger charge is 2.27. The van der Waals surface area contributed by atoms with Crippen molar-refractivity contribution in [2.24, 2.45) is 0 Å². The van der Waals surface area contributed by atoms with E-state index in [2.05, 4.69) is 30.2 Å². The molecule has 0 saturated heterocycles. The lowest BCUT2D eigenvalue weighted by Crippen LogP contribution is -2.12. The van der Waals surface area contributed by atoms with E-state index in [0.717, 1.165) is 31.0 Å². The summed E-state index contributed by atoms with van der Waals surface area (Å²) >= 11 is 0. The van der Waals surface area contributed by atoms with Crippen LogP contribution in [0.3, 0.4) is 0 Å². The quantitative estimate of drug-likeness (QED) is 0.777. The minimum absolute atomic E-state index is 0.0334. The fourth-order valence-corrected chi connectivity index (χ4v) is 2.24. The molecule has 1 aliphatic rings. The zero-order valence-electron chi connectivity index (χ0n) is 12.3. The van der Waals surface area contributed by atoms with Crippen LogP contribution in [-0.2, 0) is 4.74 Å². The third-order valence-corrected chi connectivity index (χ3v) is 3.32. The Bertz CT molecular complexity index is 398. The van der Waals surface area contributed by atoms with Crippen molar-refractivity contribution in [1.29, 1.82) is 0 Å². The van der Waals surface area contributed by atoms with Crippen molar-refractivity contribution < 1.29 is 4.74 Å². The first-order valence-electron chi connectivity index (χ1n) is 7.52. The Morgan fingerprint density at radius 2 is 2.11 bits per heavy atom. The molecule has 106 valence electrons. The first kappa shape index (κ1) is 14.3. The van der Waals surface area contributed by atoms with Crippen LogP contribution in [0.25, 0.3) is 0 Å². The zero-order chi connectivity index (χ0) is 13.7. The Morgan fingerprint density at radius 3 is 2.68 bits per heavy atom. The Balaban J connectivity index is 2.24. The van der Waals surface area contributed by atoms with Gasteiger partial charge in [0, 0.05) is 30.8 Å². The average molecular weight is 263 g/mol. The van der Waals surface area contributed by atoms with Gasteiger partial charge >= 0.3 is 0 Å². The van der Waals surface area contributed by atoms with E-state index in [-0.39, 0.29) is 6.10 Å². The second-order valence-electron chi connectivity index (χ2n) is 5.07. The maximum atomic E-state index is 5.80. The van der Waals surface area contributed by atoms with E-state index in [9.17, 15) is 0 Å². The summed E-state index contributed by atoms with van der Waals surface area (Å²) < 4.78 is 5.80. The largest absolute Gasteiger partial charge is 0.371 e. The van der Waals surface area contributed by atoms with Crippen LogP contribution in [0, 0.1) is 0 Å². The van der Waals surface area contributed by atoms with Crippen LogP contribution in [0.2, 0.25) is 0 Å². The summed E-state index contributed by atoms with van der Waals surface area (Å²) in [4.78, 5) is 9.36. The summed E-state index contributed by atoms with van der Waals surface area (Å²) in [7, 11) is 0. The molecule has 1 atom stereocenters. The molecule has 4 nitrogen and oxygen atoms in total. The topological polar surface area (TPSA) is 47.0 Å². The highest BCUT2D eigenvalue weighted by molar-refractivity contribution is 5.38. The summed E-state index contributed by atoms with van der Waals surface area (Å²) in [6.45, 7) is 7.87. The third kappa shape index (κ3) is 3.90. The molecule has 0 aromatic carbocycles. The number of nitrogens with one attached hydrogen (secondary N) is 1. The van der Waals surface area contributed by atoms with Gasteiger partial charge in [-0.05, 0) is 33.1 Å². The first-order valence-corrected chi connectivity index (χ1v) is 7.52. The van der Waals surface area contributed by atoms with Gasteiger partial charge in [-0.3, -0.25) is 0 Å². The van der Waals surface area contributed by atoms with Crippen molar-refractivity contribution in [3.05, 3.63) is 17.6 Å². The second kappa shape index (κ2) is 6.85. The van der Waals surface area contributed by atoms with Gasteiger partial charge in [0.25, 0.3) is 0 Å². The van der Waals surface area contributed by atoms with Gasteiger partial charge in [0.15, 0.2) is 5.82 Å². The molecular weight excluding hydrogens is 238 g/mol. The maximum absolute atomic E-state index is 5.80. The van der Waals surface area contributed by atoms with Gasteiger partial charge in [-0.15, -0.1) is 0 Å². The van der Waals surface area contributed by atoms with Crippen LogP contribution in [0.1, 0.15) is 70.0 Å². The Morgan fingerprint density at radius 1 is 1.32 bits per heavy atom. The number of anilines is 1. The van der Waals surface area contributed by atoms with Crippen molar-refractivity contribution >= 4 is 5.82 Å². The predicted octanol–water partition coefficient (Wildman–Crippen LogP) is 3.66. The molecule has 1 fully saturated rings. The number of rotatable bonds is 8. The fraction of sp³-hybridized carbons (Fsp3) is 0.733. The third-order valence-electron chi connectivity index (χ3n) is 3.32. The number of hydrogen-bond donors (Lipinski definition) is 1. The van der Waals surface area contributed by atoms with Crippen LogP contribution in [0.15, 0.2) is 6.07 Å². The van der Waals surface area contributed by atoms with Crippen LogP contribution < -0.4 is 5.32 Å². The van der Waals surface area contributed by atoms with Crippen molar-refractivity contribution in [3.8, 4) is 0 Å². The van der Waals surface area contributed by atoms with Crippen LogP contribution in [0.5, 0.6) is 0 Å². The second-order valence-corrected chi connectivity index (χ2v) is 5.07. The molecule has 2 rings (SSSR count). The van der Waals surface area contributed by atoms with E-state index in [0.29, 0.717) is 12.5 Å². The molecule has 1 saturated carbocycles. The van der Waals surface area contributed by atoms with Gasteiger partial charge in [0.1, 0.15) is 11.9 Å². The number of aromatic nitrogens is 2. The molecule has 1 unspecified atom stereocenters. The first-order chi connectivity index (χ1) is 9.28. The van der Waals surface area contributed by atoms with E-state index in [1.807, 2.05) is 6.92 Å². The molecule has 1 aromatic heterocycles. The Kier molecular flexibility index (Phi) is 5.14. The molecule has 0 aliphatic heterocycles. The lowest BCUT2D eigenvalue weighted by atomic mass is 10.2. The van der Waals surface area contributed by atoms with E-state index < -0.39 is 0 Å². The van der Waals surface area contributed by atoms with Gasteiger partial charge in [0.05, 0.1) is 0 Å². The minimum atomic E-state index is 0.0334. The molecule has 1 heterocycles. The molecular formula is C15H25N3O. The normalized spacial score (nSPS) is 16.4. The van der Waals surface area contributed by atoms with E-state index >= 15 is 0 Å². The van der Waals surface area contributed by atoms with E-state index in [1.165, 1.54) is 18.5 Å². The summed E-state index contributed by atoms with van der Waals surface area (Å²) in [6, 6.07) is 2.10. The molecule has 0 spiro atoms. The van der Waals surface area contributed by atoms with Gasteiger partial charge in [0.2, 0.25) is 0 Å². The van der Waals surface area contributed by atoms with Gasteiger partial charge < -0.3 is 10.1 Å². The van der Waals surface area contributed by atoms with Crippen molar-refractivity contribution in [2.45, 2.75) is 58.5 Å². The molecule has 4 heteroatoms. The van der Waals surface area contributed by atoms with Crippen LogP contribution in [-0.4, -0.2) is 23.1 Å². The fourth-order valence-electron chi connectivity index (χ4n) is 2.24. The number of nitrogens with zero attached hydrogens (tertiary/aromatic N) is 2. The molecule has 1 aliphatic carbocycles. The lowest BCUT2D eigenvalue weighted by molar-refractivity contribution is 0.0493. The summed E-state index contributed by atoms with van der Waals surface area (Å²) in [5.41, 5.74) is 1.18. The van der Waals surface area contributed by atoms with Crippen molar-refractivity contribution in [1.82, 2.24) is 9.97 Å². The summed E-state index contributed by atoms with van der Waals surface area (Å²) in [5, 5.41) is 3.30. The average Bonchev–Trinajstić information content (AvgIpc) is 3.23. The monoisotopic (exact) mass is 263 g/mol. The minimum Gasteiger partial charge on any atom is -0.371 e. The highest BCUT2D eigenvalue weighted by atomic mass is 16.5. The molecule has 0 bridgehead atoms.